The number of aryl methyl sites for hydroxylation is 1. The maximum absolute atomic E-state index is 15.5. The van der Waals surface area contributed by atoms with E-state index in [1.807, 2.05) is 47.4 Å². The molecular formula is C47H36FN. The van der Waals surface area contributed by atoms with Crippen molar-refractivity contribution in [1.82, 2.24) is 0 Å². The third-order valence-electron chi connectivity index (χ3n) is 11.6. The third kappa shape index (κ3) is 3.59. The molecule has 0 saturated heterocycles. The summed E-state index contributed by atoms with van der Waals surface area (Å²) in [7, 11) is 0. The van der Waals surface area contributed by atoms with Crippen LogP contribution in [-0.4, -0.2) is 0 Å². The molecule has 49 heavy (non-hydrogen) atoms. The van der Waals surface area contributed by atoms with Gasteiger partial charge in [-0.05, 0) is 120 Å². The Morgan fingerprint density at radius 3 is 1.63 bits per heavy atom. The maximum Gasteiger partial charge on any atom is 0.147 e. The molecule has 1 nitrogen and oxygen atoms in total. The predicted molar refractivity (Wildman–Crippen MR) is 205 cm³/mol. The fourth-order valence-corrected chi connectivity index (χ4v) is 9.58. The van der Waals surface area contributed by atoms with Gasteiger partial charge in [0.25, 0.3) is 0 Å². The first-order valence-corrected chi connectivity index (χ1v) is 17.3. The number of hydrogen-bond donors (Lipinski definition) is 0. The van der Waals surface area contributed by atoms with Gasteiger partial charge < -0.3 is 4.90 Å². The molecular weight excluding hydrogens is 598 g/mol. The van der Waals surface area contributed by atoms with Crippen LogP contribution in [-0.2, 0) is 10.8 Å². The van der Waals surface area contributed by atoms with Crippen molar-refractivity contribution >= 4 is 49.4 Å². The van der Waals surface area contributed by atoms with Crippen molar-refractivity contribution in [2.45, 2.75) is 45.4 Å². The molecule has 0 fully saturated rings. The zero-order valence-corrected chi connectivity index (χ0v) is 28.4. The molecule has 10 rings (SSSR count). The summed E-state index contributed by atoms with van der Waals surface area (Å²) in [5.41, 5.74) is 14.2. The van der Waals surface area contributed by atoms with Gasteiger partial charge >= 0.3 is 0 Å². The molecule has 0 N–H and O–H groups in total. The fraction of sp³-hybridized carbons (Fsp3) is 0.149. The molecule has 0 aromatic heterocycles. The molecule has 0 aliphatic heterocycles. The van der Waals surface area contributed by atoms with E-state index in [1.165, 1.54) is 82.4 Å². The normalized spacial score (nSPS) is 15.1. The largest absolute Gasteiger partial charge is 0.308 e. The number of rotatable bonds is 3. The Bertz CT molecular complexity index is 2680. The van der Waals surface area contributed by atoms with Gasteiger partial charge in [0.05, 0.1) is 5.69 Å². The summed E-state index contributed by atoms with van der Waals surface area (Å²) in [5.74, 6) is -0.245. The van der Waals surface area contributed by atoms with E-state index < -0.39 is 0 Å². The van der Waals surface area contributed by atoms with E-state index in [-0.39, 0.29) is 16.6 Å². The highest BCUT2D eigenvalue weighted by Crippen LogP contribution is 2.61. The minimum atomic E-state index is -0.292. The van der Waals surface area contributed by atoms with Crippen LogP contribution in [0, 0.1) is 12.7 Å². The van der Waals surface area contributed by atoms with Crippen molar-refractivity contribution < 1.29 is 4.39 Å². The van der Waals surface area contributed by atoms with Gasteiger partial charge in [-0.3, -0.25) is 0 Å². The van der Waals surface area contributed by atoms with Crippen LogP contribution in [0.2, 0.25) is 0 Å². The van der Waals surface area contributed by atoms with Gasteiger partial charge in [-0.2, -0.15) is 0 Å². The van der Waals surface area contributed by atoms with E-state index in [4.69, 9.17) is 0 Å². The SMILES string of the molecule is Cc1ccc2c(c1)C(C)(C)c1c-2c2cccc3c4c(c5cccc1c5c23)-c1ccc(N(c2ccccc2)c2ccccc2F)cc1C4(C)C. The van der Waals surface area contributed by atoms with E-state index in [1.54, 1.807) is 12.1 Å². The molecule has 2 heteroatoms. The first-order chi connectivity index (χ1) is 23.7. The lowest BCUT2D eigenvalue weighted by Crippen LogP contribution is -2.18. The van der Waals surface area contributed by atoms with Crippen molar-refractivity contribution in [3.63, 3.8) is 0 Å². The minimum Gasteiger partial charge on any atom is -0.308 e. The van der Waals surface area contributed by atoms with Gasteiger partial charge in [0.2, 0.25) is 0 Å². The number of para-hydroxylation sites is 2. The van der Waals surface area contributed by atoms with Crippen molar-refractivity contribution in [3.05, 3.63) is 161 Å². The van der Waals surface area contributed by atoms with Crippen LogP contribution in [0.25, 0.3) is 54.6 Å². The van der Waals surface area contributed by atoms with Crippen LogP contribution >= 0.6 is 0 Å². The van der Waals surface area contributed by atoms with Crippen LogP contribution in [0.3, 0.4) is 0 Å². The molecule has 0 unspecified atom stereocenters. The van der Waals surface area contributed by atoms with Crippen molar-refractivity contribution in [1.29, 1.82) is 0 Å². The van der Waals surface area contributed by atoms with Gasteiger partial charge in [-0.15, -0.1) is 0 Å². The first kappa shape index (κ1) is 28.5. The lowest BCUT2D eigenvalue weighted by molar-refractivity contribution is 0.628. The predicted octanol–water partition coefficient (Wildman–Crippen LogP) is 13.1. The highest BCUT2D eigenvalue weighted by Gasteiger charge is 2.43. The van der Waals surface area contributed by atoms with Gasteiger partial charge in [0, 0.05) is 22.2 Å². The monoisotopic (exact) mass is 633 g/mol. The number of nitrogens with zero attached hydrogens (tertiary/aromatic N) is 1. The van der Waals surface area contributed by atoms with Crippen molar-refractivity contribution in [2.75, 3.05) is 4.90 Å². The molecule has 8 aromatic carbocycles. The quantitative estimate of drug-likeness (QED) is 0.175. The molecule has 0 spiro atoms. The summed E-state index contributed by atoms with van der Waals surface area (Å²) < 4.78 is 15.5. The van der Waals surface area contributed by atoms with Crippen LogP contribution < -0.4 is 4.90 Å². The molecule has 0 heterocycles. The molecule has 236 valence electrons. The smallest absolute Gasteiger partial charge is 0.147 e. The maximum atomic E-state index is 15.5. The second-order valence-electron chi connectivity index (χ2n) is 15.1. The van der Waals surface area contributed by atoms with Crippen molar-refractivity contribution in [2.24, 2.45) is 0 Å². The minimum absolute atomic E-state index is 0.122. The van der Waals surface area contributed by atoms with Gasteiger partial charge in [0.1, 0.15) is 5.82 Å². The summed E-state index contributed by atoms with van der Waals surface area (Å²) in [6.45, 7) is 11.7. The van der Waals surface area contributed by atoms with Crippen LogP contribution in [0.5, 0.6) is 0 Å². The highest BCUT2D eigenvalue weighted by molar-refractivity contribution is 6.32. The van der Waals surface area contributed by atoms with Gasteiger partial charge in [-0.25, -0.2) is 4.39 Å². The topological polar surface area (TPSA) is 3.24 Å². The average molecular weight is 634 g/mol. The Hall–Kier alpha value is -5.47. The number of hydrogen-bond acceptors (Lipinski definition) is 1. The number of halogens is 1. The zero-order chi connectivity index (χ0) is 33.4. The Morgan fingerprint density at radius 2 is 1.02 bits per heavy atom. The van der Waals surface area contributed by atoms with E-state index in [0.29, 0.717) is 5.69 Å². The van der Waals surface area contributed by atoms with Crippen LogP contribution in [0.15, 0.2) is 127 Å². The number of fused-ring (bicyclic) bond motifs is 10. The molecule has 2 aliphatic rings. The highest BCUT2D eigenvalue weighted by atomic mass is 19.1. The Morgan fingerprint density at radius 1 is 0.490 bits per heavy atom. The molecule has 0 radical (unpaired) electrons. The Labute approximate surface area is 286 Å². The molecule has 0 bridgehead atoms. The zero-order valence-electron chi connectivity index (χ0n) is 28.4. The fourth-order valence-electron chi connectivity index (χ4n) is 9.58. The summed E-state index contributed by atoms with van der Waals surface area (Å²) in [6, 6.07) is 44.9. The average Bonchev–Trinajstić information content (AvgIpc) is 3.49. The second-order valence-corrected chi connectivity index (χ2v) is 15.1. The molecule has 8 aromatic rings. The van der Waals surface area contributed by atoms with Gasteiger partial charge in [-0.1, -0.05) is 124 Å². The molecule has 0 saturated carbocycles. The van der Waals surface area contributed by atoms with Crippen LogP contribution in [0.4, 0.5) is 21.5 Å². The third-order valence-corrected chi connectivity index (χ3v) is 11.6. The summed E-state index contributed by atoms with van der Waals surface area (Å²) >= 11 is 0. The Balaban J connectivity index is 1.29. The standard InChI is InChI=1S/C47H36FN/c1-27-21-23-30-36(25-27)46(2,3)44-34-17-12-16-33-41(34)40-32(42(30)44)15-11-18-35(40)45-43(33)31-24-22-29(26-37(31)47(45,4)5)49(28-13-7-6-8-14-28)39-20-10-9-19-38(39)48/h6-26H,1-5H3. The Kier molecular flexibility index (Phi) is 5.58. The van der Waals surface area contributed by atoms with Gasteiger partial charge in [0.15, 0.2) is 0 Å². The summed E-state index contributed by atoms with van der Waals surface area (Å²) in [4.78, 5) is 2.05. The van der Waals surface area contributed by atoms with E-state index in [9.17, 15) is 0 Å². The lowest BCUT2D eigenvalue weighted by Gasteiger charge is -2.29. The number of benzene rings is 8. The lowest BCUT2D eigenvalue weighted by atomic mass is 9.75. The number of anilines is 3. The summed E-state index contributed by atoms with van der Waals surface area (Å²) in [6.07, 6.45) is 0. The molecule has 0 atom stereocenters. The van der Waals surface area contributed by atoms with E-state index >= 15 is 4.39 Å². The first-order valence-electron chi connectivity index (χ1n) is 17.3. The molecule has 0 amide bonds. The summed E-state index contributed by atoms with van der Waals surface area (Å²) in [5, 5.41) is 8.08. The van der Waals surface area contributed by atoms with E-state index in [0.717, 1.165) is 11.4 Å². The molecule has 2 aliphatic carbocycles. The van der Waals surface area contributed by atoms with E-state index in [2.05, 4.69) is 107 Å². The second kappa shape index (κ2) is 9.57. The van der Waals surface area contributed by atoms with Crippen LogP contribution in [0.1, 0.15) is 55.5 Å². The van der Waals surface area contributed by atoms with Crippen molar-refractivity contribution in [3.8, 4) is 22.3 Å².